The molecule has 0 spiro atoms. The summed E-state index contributed by atoms with van der Waals surface area (Å²) >= 11 is 0. The van der Waals surface area contributed by atoms with E-state index in [0.29, 0.717) is 26.1 Å². The van der Waals surface area contributed by atoms with Crippen LogP contribution in [-0.2, 0) is 9.59 Å². The van der Waals surface area contributed by atoms with Gasteiger partial charge in [0.2, 0.25) is 11.8 Å². The van der Waals surface area contributed by atoms with Gasteiger partial charge in [0, 0.05) is 46.7 Å². The van der Waals surface area contributed by atoms with Gasteiger partial charge < -0.3 is 9.80 Å². The molecule has 1 fully saturated rings. The van der Waals surface area contributed by atoms with Crippen molar-refractivity contribution in [3.63, 3.8) is 0 Å². The smallest absolute Gasteiger partial charge is 0.236 e. The van der Waals surface area contributed by atoms with Gasteiger partial charge in [0.1, 0.15) is 0 Å². The van der Waals surface area contributed by atoms with Crippen LogP contribution in [0.4, 0.5) is 0 Å². The van der Waals surface area contributed by atoms with E-state index in [0.717, 1.165) is 26.1 Å². The zero-order valence-corrected chi connectivity index (χ0v) is 11.8. The van der Waals surface area contributed by atoms with Crippen LogP contribution in [0.2, 0.25) is 0 Å². The Balaban J connectivity index is 2.39. The van der Waals surface area contributed by atoms with Crippen LogP contribution < -0.4 is 0 Å². The second kappa shape index (κ2) is 7.74. The first kappa shape index (κ1) is 15.4. The van der Waals surface area contributed by atoms with Gasteiger partial charge >= 0.3 is 0 Å². The Morgan fingerprint density at radius 3 is 2.63 bits per heavy atom. The number of nitriles is 1. The van der Waals surface area contributed by atoms with Crippen LogP contribution in [0, 0.1) is 11.3 Å². The van der Waals surface area contributed by atoms with E-state index in [2.05, 4.69) is 4.90 Å². The zero-order valence-electron chi connectivity index (χ0n) is 11.8. The third kappa shape index (κ3) is 5.26. The predicted octanol–water partition coefficient (Wildman–Crippen LogP) is -0.0873. The van der Waals surface area contributed by atoms with Gasteiger partial charge in [0.25, 0.3) is 0 Å². The standard InChI is InChI=1S/C13H22N4O2/c1-12(18)17-8-4-7-16(9-10-17)11-13(19)15(2)6-3-5-14/h3-4,6-11H2,1-2H3. The second-order valence-electron chi connectivity index (χ2n) is 4.86. The monoisotopic (exact) mass is 266 g/mol. The number of carbonyl (C=O) groups is 2. The molecule has 0 aromatic heterocycles. The van der Waals surface area contributed by atoms with Crippen LogP contribution in [0.25, 0.3) is 0 Å². The topological polar surface area (TPSA) is 67.7 Å². The first-order chi connectivity index (χ1) is 9.04. The molecule has 2 amide bonds. The van der Waals surface area contributed by atoms with Crippen LogP contribution in [-0.4, -0.2) is 72.8 Å². The molecule has 19 heavy (non-hydrogen) atoms. The average Bonchev–Trinajstić information content (AvgIpc) is 2.61. The van der Waals surface area contributed by atoms with Crippen molar-refractivity contribution in [2.45, 2.75) is 19.8 Å². The number of carbonyl (C=O) groups excluding carboxylic acids is 2. The lowest BCUT2D eigenvalue weighted by atomic mass is 10.3. The van der Waals surface area contributed by atoms with Crippen LogP contribution in [0.3, 0.4) is 0 Å². The van der Waals surface area contributed by atoms with E-state index in [1.165, 1.54) is 0 Å². The lowest BCUT2D eigenvalue weighted by molar-refractivity contribution is -0.131. The Hall–Kier alpha value is -1.61. The highest BCUT2D eigenvalue weighted by molar-refractivity contribution is 5.78. The lowest BCUT2D eigenvalue weighted by Crippen LogP contribution is -2.40. The first-order valence-electron chi connectivity index (χ1n) is 6.63. The molecule has 0 aromatic rings. The van der Waals surface area contributed by atoms with E-state index in [1.807, 2.05) is 11.0 Å². The van der Waals surface area contributed by atoms with Gasteiger partial charge in [-0.25, -0.2) is 0 Å². The maximum absolute atomic E-state index is 11.9. The molecule has 0 aliphatic carbocycles. The third-order valence-corrected chi connectivity index (χ3v) is 3.38. The maximum Gasteiger partial charge on any atom is 0.236 e. The Labute approximate surface area is 114 Å². The third-order valence-electron chi connectivity index (χ3n) is 3.38. The zero-order chi connectivity index (χ0) is 14.3. The summed E-state index contributed by atoms with van der Waals surface area (Å²) in [6.45, 7) is 5.45. The van der Waals surface area contributed by atoms with Gasteiger partial charge in [0.05, 0.1) is 19.0 Å². The van der Waals surface area contributed by atoms with Crippen LogP contribution in [0.15, 0.2) is 0 Å². The molecular weight excluding hydrogens is 244 g/mol. The molecule has 1 heterocycles. The molecule has 1 rings (SSSR count). The van der Waals surface area contributed by atoms with Crippen molar-refractivity contribution in [1.82, 2.24) is 14.7 Å². The van der Waals surface area contributed by atoms with Crippen LogP contribution in [0.1, 0.15) is 19.8 Å². The van der Waals surface area contributed by atoms with Crippen molar-refractivity contribution in [3.8, 4) is 6.07 Å². The van der Waals surface area contributed by atoms with Crippen molar-refractivity contribution in [3.05, 3.63) is 0 Å². The van der Waals surface area contributed by atoms with E-state index in [4.69, 9.17) is 5.26 Å². The molecule has 0 atom stereocenters. The SMILES string of the molecule is CC(=O)N1CCCN(CC(=O)N(C)CCC#N)CC1. The minimum Gasteiger partial charge on any atom is -0.344 e. The van der Waals surface area contributed by atoms with Crippen molar-refractivity contribution in [1.29, 1.82) is 5.26 Å². The summed E-state index contributed by atoms with van der Waals surface area (Å²) in [4.78, 5) is 28.7. The molecule has 0 N–H and O–H groups in total. The molecule has 0 radical (unpaired) electrons. The van der Waals surface area contributed by atoms with Crippen molar-refractivity contribution in [2.24, 2.45) is 0 Å². The van der Waals surface area contributed by atoms with Crippen LogP contribution in [0.5, 0.6) is 0 Å². The summed E-state index contributed by atoms with van der Waals surface area (Å²) in [6, 6.07) is 2.03. The largest absolute Gasteiger partial charge is 0.344 e. The van der Waals surface area contributed by atoms with E-state index in [-0.39, 0.29) is 11.8 Å². The lowest BCUT2D eigenvalue weighted by Gasteiger charge is -2.23. The maximum atomic E-state index is 11.9. The average molecular weight is 266 g/mol. The van der Waals surface area contributed by atoms with Crippen LogP contribution >= 0.6 is 0 Å². The molecule has 0 unspecified atom stereocenters. The summed E-state index contributed by atoms with van der Waals surface area (Å²) in [5.74, 6) is 0.130. The Morgan fingerprint density at radius 2 is 2.00 bits per heavy atom. The Kier molecular flexibility index (Phi) is 6.30. The molecule has 1 aliphatic heterocycles. The summed E-state index contributed by atoms with van der Waals surface area (Å²) in [5, 5.41) is 8.50. The van der Waals surface area contributed by atoms with Gasteiger partial charge in [-0.1, -0.05) is 0 Å². The quantitative estimate of drug-likeness (QED) is 0.713. The van der Waals surface area contributed by atoms with Crippen molar-refractivity contribution >= 4 is 11.8 Å². The molecule has 106 valence electrons. The van der Waals surface area contributed by atoms with Gasteiger partial charge in [-0.3, -0.25) is 14.5 Å². The van der Waals surface area contributed by atoms with Crippen molar-refractivity contribution < 1.29 is 9.59 Å². The van der Waals surface area contributed by atoms with Gasteiger partial charge in [-0.05, 0) is 6.42 Å². The predicted molar refractivity (Wildman–Crippen MR) is 71.2 cm³/mol. The van der Waals surface area contributed by atoms with Gasteiger partial charge in [0.15, 0.2) is 0 Å². The Bertz CT molecular complexity index is 364. The molecule has 6 nitrogen and oxygen atoms in total. The van der Waals surface area contributed by atoms with Gasteiger partial charge in [-0.2, -0.15) is 5.26 Å². The number of rotatable bonds is 4. The highest BCUT2D eigenvalue weighted by atomic mass is 16.2. The van der Waals surface area contributed by atoms with Crippen molar-refractivity contribution in [2.75, 3.05) is 46.3 Å². The van der Waals surface area contributed by atoms with E-state index in [9.17, 15) is 9.59 Å². The fraction of sp³-hybridized carbons (Fsp3) is 0.769. The second-order valence-corrected chi connectivity index (χ2v) is 4.86. The normalized spacial score (nSPS) is 16.6. The summed E-state index contributed by atoms with van der Waals surface area (Å²) in [5.41, 5.74) is 0. The van der Waals surface area contributed by atoms with Gasteiger partial charge in [-0.15, -0.1) is 0 Å². The fourth-order valence-electron chi connectivity index (χ4n) is 2.10. The number of likely N-dealkylation sites (N-methyl/N-ethyl adjacent to an activating group) is 1. The summed E-state index contributed by atoms with van der Waals surface area (Å²) in [6.07, 6.45) is 1.26. The highest BCUT2D eigenvalue weighted by Gasteiger charge is 2.19. The van der Waals surface area contributed by atoms with E-state index < -0.39 is 0 Å². The molecule has 0 bridgehead atoms. The summed E-state index contributed by atoms with van der Waals surface area (Å²) in [7, 11) is 1.72. The molecule has 1 aliphatic rings. The molecule has 1 saturated heterocycles. The number of hydrogen-bond acceptors (Lipinski definition) is 4. The minimum atomic E-state index is 0.0338. The summed E-state index contributed by atoms with van der Waals surface area (Å²) < 4.78 is 0. The molecular formula is C13H22N4O2. The Morgan fingerprint density at radius 1 is 1.26 bits per heavy atom. The molecule has 6 heteroatoms. The molecule has 0 saturated carbocycles. The van der Waals surface area contributed by atoms with E-state index in [1.54, 1.807) is 18.9 Å². The van der Waals surface area contributed by atoms with E-state index >= 15 is 0 Å². The number of nitrogens with zero attached hydrogens (tertiary/aromatic N) is 4. The molecule has 0 aromatic carbocycles. The highest BCUT2D eigenvalue weighted by Crippen LogP contribution is 2.04. The fourth-order valence-corrected chi connectivity index (χ4v) is 2.10. The first-order valence-corrected chi connectivity index (χ1v) is 6.63. The number of amides is 2. The number of hydrogen-bond donors (Lipinski definition) is 0. The minimum absolute atomic E-state index is 0.0338.